The Labute approximate surface area is 137 Å². The maximum absolute atomic E-state index is 3.61. The minimum absolute atomic E-state index is 1.15. The van der Waals surface area contributed by atoms with Gasteiger partial charge >= 0.3 is 0 Å². The van der Waals surface area contributed by atoms with Gasteiger partial charge in [-0.05, 0) is 51.6 Å². The molecule has 0 heterocycles. The summed E-state index contributed by atoms with van der Waals surface area (Å²) in [5.41, 5.74) is 6.00. The van der Waals surface area contributed by atoms with Crippen LogP contribution >= 0.6 is 0 Å². The van der Waals surface area contributed by atoms with Crippen molar-refractivity contribution in [3.05, 3.63) is 96.6 Å². The largest absolute Gasteiger partial charge is 0.0622 e. The molecule has 23 heavy (non-hydrogen) atoms. The van der Waals surface area contributed by atoms with Crippen LogP contribution in [0.5, 0.6) is 0 Å². The highest BCUT2D eigenvalue weighted by molar-refractivity contribution is 5.97. The molecule has 4 aromatic rings. The van der Waals surface area contributed by atoms with Crippen molar-refractivity contribution in [3.63, 3.8) is 0 Å². The summed E-state index contributed by atoms with van der Waals surface area (Å²) in [4.78, 5) is 0. The van der Waals surface area contributed by atoms with E-state index in [0.29, 0.717) is 0 Å². The van der Waals surface area contributed by atoms with Crippen molar-refractivity contribution in [1.82, 2.24) is 0 Å². The lowest BCUT2D eigenvalue weighted by atomic mass is 9.93. The van der Waals surface area contributed by atoms with E-state index in [0.717, 1.165) is 11.1 Å². The van der Waals surface area contributed by atoms with E-state index in [9.17, 15) is 0 Å². The molecule has 4 aromatic carbocycles. The molecule has 0 amide bonds. The number of aryl methyl sites for hydroxylation is 1. The fraction of sp³-hybridized carbons (Fsp3) is 0.0435. The zero-order valence-corrected chi connectivity index (χ0v) is 13.1. The summed E-state index contributed by atoms with van der Waals surface area (Å²) in [7, 11) is 0. The van der Waals surface area contributed by atoms with Crippen LogP contribution in [0.2, 0.25) is 0 Å². The van der Waals surface area contributed by atoms with E-state index in [4.69, 9.17) is 0 Å². The van der Waals surface area contributed by atoms with Gasteiger partial charge in [0.15, 0.2) is 0 Å². The number of hydrogen-bond acceptors (Lipinski definition) is 0. The SMILES string of the molecule is Cc1cc(-c2ccccc2)[c]c(-c2cccc3ccccc23)c1. The van der Waals surface area contributed by atoms with Crippen LogP contribution in [-0.4, -0.2) is 0 Å². The van der Waals surface area contributed by atoms with Crippen molar-refractivity contribution in [3.8, 4) is 22.3 Å². The van der Waals surface area contributed by atoms with Gasteiger partial charge in [-0.3, -0.25) is 0 Å². The van der Waals surface area contributed by atoms with E-state index in [-0.39, 0.29) is 0 Å². The molecule has 1 radical (unpaired) electrons. The second kappa shape index (κ2) is 5.73. The Hall–Kier alpha value is -2.86. The van der Waals surface area contributed by atoms with Crippen LogP contribution in [0.3, 0.4) is 0 Å². The van der Waals surface area contributed by atoms with E-state index in [1.165, 1.54) is 27.5 Å². The monoisotopic (exact) mass is 293 g/mol. The Morgan fingerprint density at radius 2 is 1.35 bits per heavy atom. The van der Waals surface area contributed by atoms with E-state index in [2.05, 4.69) is 91.9 Å². The molecule has 0 atom stereocenters. The summed E-state index contributed by atoms with van der Waals surface area (Å²) < 4.78 is 0. The lowest BCUT2D eigenvalue weighted by Crippen LogP contribution is -1.86. The molecule has 0 unspecified atom stereocenters. The zero-order chi connectivity index (χ0) is 15.6. The van der Waals surface area contributed by atoms with E-state index in [1.807, 2.05) is 6.07 Å². The summed E-state index contributed by atoms with van der Waals surface area (Å²) in [6.45, 7) is 2.15. The third-order valence-corrected chi connectivity index (χ3v) is 4.18. The van der Waals surface area contributed by atoms with Gasteiger partial charge in [-0.25, -0.2) is 0 Å². The minimum atomic E-state index is 1.15. The third-order valence-electron chi connectivity index (χ3n) is 4.18. The number of rotatable bonds is 2. The molecule has 0 N–H and O–H groups in total. The molecule has 0 nitrogen and oxygen atoms in total. The fourth-order valence-corrected chi connectivity index (χ4v) is 3.09. The van der Waals surface area contributed by atoms with Crippen LogP contribution in [0.15, 0.2) is 84.9 Å². The Morgan fingerprint density at radius 1 is 0.652 bits per heavy atom. The first-order valence-corrected chi connectivity index (χ1v) is 7.89. The smallest absolute Gasteiger partial charge is 0.00139 e. The van der Waals surface area contributed by atoms with Crippen LogP contribution in [-0.2, 0) is 0 Å². The maximum Gasteiger partial charge on any atom is -0.00139 e. The first kappa shape index (κ1) is 13.8. The maximum atomic E-state index is 3.61. The quantitative estimate of drug-likeness (QED) is 0.408. The standard InChI is InChI=1S/C23H17/c1-17-14-20(18-8-3-2-4-9-18)16-21(15-17)23-13-7-11-19-10-5-6-12-22(19)23/h2-15H,1H3. The van der Waals surface area contributed by atoms with Gasteiger partial charge in [-0.2, -0.15) is 0 Å². The average molecular weight is 293 g/mol. The van der Waals surface area contributed by atoms with E-state index < -0.39 is 0 Å². The van der Waals surface area contributed by atoms with Crippen molar-refractivity contribution in [2.75, 3.05) is 0 Å². The molecule has 0 aliphatic rings. The Balaban J connectivity index is 1.94. The zero-order valence-electron chi connectivity index (χ0n) is 13.1. The molecule has 0 aliphatic carbocycles. The van der Waals surface area contributed by atoms with Gasteiger partial charge in [0.2, 0.25) is 0 Å². The van der Waals surface area contributed by atoms with Gasteiger partial charge in [0.1, 0.15) is 0 Å². The molecular formula is C23H17. The number of fused-ring (bicyclic) bond motifs is 1. The molecule has 109 valence electrons. The summed E-state index contributed by atoms with van der Waals surface area (Å²) in [5, 5.41) is 2.54. The van der Waals surface area contributed by atoms with Gasteiger partial charge in [-0.1, -0.05) is 84.9 Å². The first-order valence-electron chi connectivity index (χ1n) is 7.89. The van der Waals surface area contributed by atoms with Gasteiger partial charge < -0.3 is 0 Å². The number of hydrogen-bond donors (Lipinski definition) is 0. The van der Waals surface area contributed by atoms with Crippen molar-refractivity contribution in [1.29, 1.82) is 0 Å². The molecule has 0 aromatic heterocycles. The first-order chi connectivity index (χ1) is 11.3. The lowest BCUT2D eigenvalue weighted by Gasteiger charge is -2.10. The minimum Gasteiger partial charge on any atom is -0.0622 e. The molecule has 0 heteroatoms. The highest BCUT2D eigenvalue weighted by atomic mass is 14.1. The molecule has 0 bridgehead atoms. The predicted molar refractivity (Wildman–Crippen MR) is 98.4 cm³/mol. The second-order valence-electron chi connectivity index (χ2n) is 5.88. The normalized spacial score (nSPS) is 10.8. The molecule has 0 saturated carbocycles. The lowest BCUT2D eigenvalue weighted by molar-refractivity contribution is 1.46. The summed E-state index contributed by atoms with van der Waals surface area (Å²) in [5.74, 6) is 0. The Morgan fingerprint density at radius 3 is 2.22 bits per heavy atom. The van der Waals surface area contributed by atoms with Crippen molar-refractivity contribution in [2.45, 2.75) is 6.92 Å². The molecule has 4 rings (SSSR count). The highest BCUT2D eigenvalue weighted by Gasteiger charge is 2.07. The molecule has 0 aliphatic heterocycles. The highest BCUT2D eigenvalue weighted by Crippen LogP contribution is 2.32. The van der Waals surface area contributed by atoms with Crippen LogP contribution in [0.1, 0.15) is 5.56 Å². The van der Waals surface area contributed by atoms with Gasteiger partial charge in [0, 0.05) is 0 Å². The fourth-order valence-electron chi connectivity index (χ4n) is 3.09. The van der Waals surface area contributed by atoms with Crippen molar-refractivity contribution in [2.24, 2.45) is 0 Å². The molecule has 0 spiro atoms. The average Bonchev–Trinajstić information content (AvgIpc) is 2.61. The third kappa shape index (κ3) is 2.64. The second-order valence-corrected chi connectivity index (χ2v) is 5.88. The predicted octanol–water partition coefficient (Wildman–Crippen LogP) is 6.28. The van der Waals surface area contributed by atoms with Crippen LogP contribution in [0, 0.1) is 13.0 Å². The van der Waals surface area contributed by atoms with E-state index >= 15 is 0 Å². The summed E-state index contributed by atoms with van der Waals surface area (Å²) >= 11 is 0. The van der Waals surface area contributed by atoms with E-state index in [1.54, 1.807) is 0 Å². The molecule has 0 fully saturated rings. The topological polar surface area (TPSA) is 0 Å². The van der Waals surface area contributed by atoms with Gasteiger partial charge in [-0.15, -0.1) is 0 Å². The van der Waals surface area contributed by atoms with Gasteiger partial charge in [0.05, 0.1) is 0 Å². The number of benzene rings is 4. The molecule has 0 saturated heterocycles. The summed E-state index contributed by atoms with van der Waals surface area (Å²) in [6.07, 6.45) is 0. The van der Waals surface area contributed by atoms with Crippen LogP contribution < -0.4 is 0 Å². The van der Waals surface area contributed by atoms with Crippen LogP contribution in [0.25, 0.3) is 33.0 Å². The van der Waals surface area contributed by atoms with Crippen LogP contribution in [0.4, 0.5) is 0 Å². The molecular weight excluding hydrogens is 276 g/mol. The van der Waals surface area contributed by atoms with Gasteiger partial charge in [0.25, 0.3) is 0 Å². The Kier molecular flexibility index (Phi) is 3.44. The Bertz CT molecular complexity index is 960. The summed E-state index contributed by atoms with van der Waals surface area (Å²) in [6, 6.07) is 33.5. The van der Waals surface area contributed by atoms with Crippen molar-refractivity contribution >= 4 is 10.8 Å². The van der Waals surface area contributed by atoms with Crippen molar-refractivity contribution < 1.29 is 0 Å².